The summed E-state index contributed by atoms with van der Waals surface area (Å²) in [5.74, 6) is -1.50. The normalized spacial score (nSPS) is 13.6. The van der Waals surface area contributed by atoms with E-state index < -0.39 is 23.9 Å². The topological polar surface area (TPSA) is 124 Å². The van der Waals surface area contributed by atoms with Crippen LogP contribution >= 0.6 is 0 Å². The number of fused-ring (bicyclic) bond motifs is 1. The van der Waals surface area contributed by atoms with Gasteiger partial charge in [0.2, 0.25) is 0 Å². The second-order valence-electron chi connectivity index (χ2n) is 6.75. The fourth-order valence-corrected chi connectivity index (χ4v) is 3.29. The van der Waals surface area contributed by atoms with E-state index >= 15 is 0 Å². The molecule has 0 bridgehead atoms. The third kappa shape index (κ3) is 3.67. The van der Waals surface area contributed by atoms with Crippen LogP contribution in [0, 0.1) is 13.8 Å². The molecule has 2 amide bonds. The van der Waals surface area contributed by atoms with Crippen LogP contribution in [0.15, 0.2) is 28.8 Å². The number of aromatic nitrogens is 3. The Morgan fingerprint density at radius 3 is 2.48 bits per heavy atom. The van der Waals surface area contributed by atoms with E-state index in [4.69, 9.17) is 10.3 Å². The van der Waals surface area contributed by atoms with Crippen LogP contribution in [-0.4, -0.2) is 38.2 Å². The van der Waals surface area contributed by atoms with Gasteiger partial charge in [-0.3, -0.25) is 14.5 Å². The van der Waals surface area contributed by atoms with Gasteiger partial charge in [-0.2, -0.15) is 4.98 Å². The van der Waals surface area contributed by atoms with Gasteiger partial charge in [0, 0.05) is 0 Å². The Morgan fingerprint density at radius 1 is 1.13 bits per heavy atom. The lowest BCUT2D eigenvalue weighted by molar-refractivity contribution is -0.274. The summed E-state index contributed by atoms with van der Waals surface area (Å²) in [7, 11) is 0. The molecular weight excluding hydrogens is 419 g/mol. The molecule has 9 nitrogen and oxygen atoms in total. The first-order chi connectivity index (χ1) is 14.5. The van der Waals surface area contributed by atoms with Crippen LogP contribution in [0.4, 0.5) is 18.9 Å². The number of halogens is 3. The number of nitrogens with zero attached hydrogens (tertiary/aromatic N) is 4. The Bertz CT molecular complexity index is 1220. The molecule has 0 atom stereocenters. The number of hydrogen-bond donors (Lipinski definition) is 1. The Morgan fingerprint density at radius 2 is 1.84 bits per heavy atom. The van der Waals surface area contributed by atoms with Crippen LogP contribution in [0.2, 0.25) is 0 Å². The van der Waals surface area contributed by atoms with E-state index in [1.54, 1.807) is 6.92 Å². The van der Waals surface area contributed by atoms with E-state index in [0.29, 0.717) is 5.82 Å². The summed E-state index contributed by atoms with van der Waals surface area (Å²) in [6, 6.07) is 5.00. The Kier molecular flexibility index (Phi) is 4.64. The molecule has 0 spiro atoms. The number of amides is 2. The summed E-state index contributed by atoms with van der Waals surface area (Å²) < 4.78 is 46.4. The van der Waals surface area contributed by atoms with Crippen molar-refractivity contribution in [2.24, 2.45) is 0 Å². The predicted molar refractivity (Wildman–Crippen MR) is 98.7 cm³/mol. The molecule has 0 saturated heterocycles. The van der Waals surface area contributed by atoms with Gasteiger partial charge in [0.05, 0.1) is 29.1 Å². The van der Waals surface area contributed by atoms with Crippen LogP contribution < -0.4 is 10.5 Å². The zero-order valence-corrected chi connectivity index (χ0v) is 16.1. The van der Waals surface area contributed by atoms with E-state index in [2.05, 4.69) is 19.9 Å². The first-order valence-corrected chi connectivity index (χ1v) is 8.87. The van der Waals surface area contributed by atoms with Gasteiger partial charge >= 0.3 is 6.36 Å². The number of imide groups is 1. The van der Waals surface area contributed by atoms with E-state index in [0.717, 1.165) is 17.0 Å². The van der Waals surface area contributed by atoms with Gasteiger partial charge < -0.3 is 15.0 Å². The molecule has 0 radical (unpaired) electrons. The van der Waals surface area contributed by atoms with Crippen LogP contribution in [0.25, 0.3) is 11.6 Å². The molecule has 1 aliphatic rings. The third-order valence-electron chi connectivity index (χ3n) is 4.54. The van der Waals surface area contributed by atoms with Crippen LogP contribution in [0.3, 0.4) is 0 Å². The highest BCUT2D eigenvalue weighted by Crippen LogP contribution is 2.36. The predicted octanol–water partition coefficient (Wildman–Crippen LogP) is 3.03. The van der Waals surface area contributed by atoms with Crippen molar-refractivity contribution in [2.45, 2.75) is 26.8 Å². The minimum absolute atomic E-state index is 0.00315. The maximum atomic E-state index is 13.0. The minimum Gasteiger partial charge on any atom is -0.406 e. The highest BCUT2D eigenvalue weighted by atomic mass is 19.4. The number of nitrogens with two attached hydrogens (primary N) is 1. The number of carbonyl (C=O) groups excluding carboxylic acids is 2. The molecule has 1 aliphatic heterocycles. The number of nitrogen functional groups attached to an aromatic ring is 1. The van der Waals surface area contributed by atoms with E-state index in [1.807, 2.05) is 0 Å². The molecule has 0 unspecified atom stereocenters. The fourth-order valence-electron chi connectivity index (χ4n) is 3.29. The molecule has 0 fully saturated rings. The second kappa shape index (κ2) is 7.07. The summed E-state index contributed by atoms with van der Waals surface area (Å²) in [4.78, 5) is 35.1. The SMILES string of the molecule is Cc1noc(-c2nc(C)c3c(c2N)C(=O)N(Cc2cccc(OC(F)(F)F)c2)C3=O)n1. The number of benzene rings is 1. The average Bonchev–Trinajstić information content (AvgIpc) is 3.20. The van der Waals surface area contributed by atoms with Crippen LogP contribution in [0.5, 0.6) is 5.75 Å². The van der Waals surface area contributed by atoms with Crippen molar-refractivity contribution in [3.8, 4) is 17.3 Å². The van der Waals surface area contributed by atoms with Crippen molar-refractivity contribution >= 4 is 17.5 Å². The summed E-state index contributed by atoms with van der Waals surface area (Å²) in [5, 5.41) is 3.66. The summed E-state index contributed by atoms with van der Waals surface area (Å²) in [5.41, 5.74) is 6.52. The number of pyridine rings is 1. The molecule has 1 aromatic carbocycles. The molecule has 12 heteroatoms. The summed E-state index contributed by atoms with van der Waals surface area (Å²) in [6.45, 7) is 2.84. The molecule has 2 aromatic heterocycles. The lowest BCUT2D eigenvalue weighted by Crippen LogP contribution is -2.29. The molecule has 4 rings (SSSR count). The van der Waals surface area contributed by atoms with Gasteiger partial charge in [0.15, 0.2) is 11.5 Å². The quantitative estimate of drug-likeness (QED) is 0.623. The van der Waals surface area contributed by atoms with Crippen molar-refractivity contribution in [3.63, 3.8) is 0 Å². The first kappa shape index (κ1) is 20.3. The van der Waals surface area contributed by atoms with Gasteiger partial charge in [-0.05, 0) is 31.5 Å². The van der Waals surface area contributed by atoms with E-state index in [9.17, 15) is 22.8 Å². The number of carbonyl (C=O) groups is 2. The lowest BCUT2D eigenvalue weighted by atomic mass is 10.0. The smallest absolute Gasteiger partial charge is 0.406 e. The second-order valence-corrected chi connectivity index (χ2v) is 6.75. The fraction of sp³-hybridized carbons (Fsp3) is 0.211. The standard InChI is InChI=1S/C19H14F3N5O4/c1-8-12-13(14(23)15(24-8)16-25-9(2)26-31-16)18(29)27(17(12)28)7-10-4-3-5-11(6-10)30-19(20,21)22/h3-6H,7,23H2,1-2H3. The van der Waals surface area contributed by atoms with Crippen LogP contribution in [0.1, 0.15) is 37.8 Å². The van der Waals surface area contributed by atoms with Crippen molar-refractivity contribution in [1.82, 2.24) is 20.0 Å². The number of aryl methyl sites for hydroxylation is 2. The Balaban J connectivity index is 1.69. The maximum Gasteiger partial charge on any atom is 0.573 e. The van der Waals surface area contributed by atoms with E-state index in [1.165, 1.54) is 19.1 Å². The number of alkyl halides is 3. The van der Waals surface area contributed by atoms with Gasteiger partial charge in [-0.25, -0.2) is 4.98 Å². The van der Waals surface area contributed by atoms with E-state index in [-0.39, 0.29) is 46.2 Å². The van der Waals surface area contributed by atoms with Crippen LogP contribution in [-0.2, 0) is 6.54 Å². The number of ether oxygens (including phenoxy) is 1. The number of rotatable bonds is 4. The summed E-state index contributed by atoms with van der Waals surface area (Å²) >= 11 is 0. The lowest BCUT2D eigenvalue weighted by Gasteiger charge is -2.15. The highest BCUT2D eigenvalue weighted by molar-refractivity contribution is 6.24. The number of hydrogen-bond acceptors (Lipinski definition) is 8. The van der Waals surface area contributed by atoms with Crippen molar-refractivity contribution in [1.29, 1.82) is 0 Å². The van der Waals surface area contributed by atoms with Gasteiger partial charge in [0.25, 0.3) is 17.7 Å². The van der Waals surface area contributed by atoms with Crippen molar-refractivity contribution in [3.05, 3.63) is 52.5 Å². The minimum atomic E-state index is -4.87. The zero-order chi connectivity index (χ0) is 22.5. The first-order valence-electron chi connectivity index (χ1n) is 8.87. The molecular formula is C19H14F3N5O4. The van der Waals surface area contributed by atoms with Gasteiger partial charge in [0.1, 0.15) is 5.75 Å². The zero-order valence-electron chi connectivity index (χ0n) is 16.1. The molecule has 0 saturated carbocycles. The summed E-state index contributed by atoms with van der Waals surface area (Å²) in [6.07, 6.45) is -4.87. The monoisotopic (exact) mass is 433 g/mol. The molecule has 2 N–H and O–H groups in total. The van der Waals surface area contributed by atoms with Crippen molar-refractivity contribution in [2.75, 3.05) is 5.73 Å². The molecule has 3 aromatic rings. The van der Waals surface area contributed by atoms with Crippen molar-refractivity contribution < 1.29 is 32.0 Å². The Labute approximate surface area is 172 Å². The molecule has 31 heavy (non-hydrogen) atoms. The third-order valence-corrected chi connectivity index (χ3v) is 4.54. The van der Waals surface area contributed by atoms with Gasteiger partial charge in [-0.15, -0.1) is 13.2 Å². The molecule has 160 valence electrons. The Hall–Kier alpha value is -3.96. The average molecular weight is 433 g/mol. The maximum absolute atomic E-state index is 13.0. The molecule has 3 heterocycles. The highest BCUT2D eigenvalue weighted by Gasteiger charge is 2.41. The number of anilines is 1. The van der Waals surface area contributed by atoms with Gasteiger partial charge in [-0.1, -0.05) is 17.3 Å². The largest absolute Gasteiger partial charge is 0.573 e. The molecule has 0 aliphatic carbocycles.